The van der Waals surface area contributed by atoms with Crippen molar-refractivity contribution in [3.05, 3.63) is 144 Å². The van der Waals surface area contributed by atoms with Crippen molar-refractivity contribution in [3.63, 3.8) is 0 Å². The van der Waals surface area contributed by atoms with Gasteiger partial charge in [0.25, 0.3) is 0 Å². The quantitative estimate of drug-likeness (QED) is 0.146. The van der Waals surface area contributed by atoms with Crippen molar-refractivity contribution in [2.45, 2.75) is 52.7 Å². The van der Waals surface area contributed by atoms with E-state index < -0.39 is 11.2 Å². The molecule has 6 nitrogen and oxygen atoms in total. The van der Waals surface area contributed by atoms with E-state index in [1.54, 1.807) is 60.7 Å². The van der Waals surface area contributed by atoms with Crippen molar-refractivity contribution in [1.29, 1.82) is 0 Å². The summed E-state index contributed by atoms with van der Waals surface area (Å²) in [6.07, 6.45) is 0. The van der Waals surface area contributed by atoms with Gasteiger partial charge < -0.3 is 18.9 Å². The predicted octanol–water partition coefficient (Wildman–Crippen LogP) is 10.1. The van der Waals surface area contributed by atoms with Crippen LogP contribution in [0.25, 0.3) is 0 Å². The summed E-state index contributed by atoms with van der Waals surface area (Å²) in [5.74, 6) is 2.62. The zero-order valence-electron chi connectivity index (χ0n) is 27.0. The van der Waals surface area contributed by atoms with Gasteiger partial charge in [-0.25, -0.2) is 0 Å². The molecule has 5 aromatic rings. The Kier molecular flexibility index (Phi) is 9.28. The zero-order chi connectivity index (χ0) is 32.9. The van der Waals surface area contributed by atoms with Crippen LogP contribution in [0.1, 0.15) is 73.4 Å². The van der Waals surface area contributed by atoms with Crippen LogP contribution in [-0.2, 0) is 0 Å². The van der Waals surface area contributed by atoms with Crippen LogP contribution in [0.4, 0.5) is 0 Å². The maximum atomic E-state index is 13.8. The van der Waals surface area contributed by atoms with E-state index in [0.29, 0.717) is 56.8 Å². The molecule has 0 aromatic heterocycles. The predicted molar refractivity (Wildman–Crippen MR) is 180 cm³/mol. The lowest BCUT2D eigenvalue weighted by molar-refractivity contribution is 0.102. The van der Waals surface area contributed by atoms with Crippen LogP contribution < -0.4 is 18.9 Å². The maximum Gasteiger partial charge on any atom is 0.196 e. The molecule has 6 heteroatoms. The minimum absolute atomic E-state index is 0.246. The largest absolute Gasteiger partial charge is 0.488 e. The molecule has 234 valence electrons. The second-order valence-corrected chi connectivity index (χ2v) is 12.8. The molecule has 0 saturated carbocycles. The Morgan fingerprint density at radius 3 is 1.11 bits per heavy atom. The Hall–Kier alpha value is -5.36. The summed E-state index contributed by atoms with van der Waals surface area (Å²) >= 11 is 0. The Bertz CT molecular complexity index is 1680. The SMILES string of the molecule is CC(C)(C)Oc1ccc(C(=O)c2ccc(C(=O)c3ccc(OC(C)(C)C)cc3Oc3ccccc3)cc2)c(Oc2ccccc2)c1. The van der Waals surface area contributed by atoms with Crippen LogP contribution in [0.3, 0.4) is 0 Å². The van der Waals surface area contributed by atoms with Crippen LogP contribution >= 0.6 is 0 Å². The molecule has 0 amide bonds. The molecule has 0 saturated heterocycles. The summed E-state index contributed by atoms with van der Waals surface area (Å²) in [7, 11) is 0. The number of hydrogen-bond donors (Lipinski definition) is 0. The van der Waals surface area contributed by atoms with E-state index >= 15 is 0 Å². The minimum atomic E-state index is -0.427. The highest BCUT2D eigenvalue weighted by Gasteiger charge is 2.22. The highest BCUT2D eigenvalue weighted by Crippen LogP contribution is 2.34. The van der Waals surface area contributed by atoms with Gasteiger partial charge in [-0.2, -0.15) is 0 Å². The highest BCUT2D eigenvalue weighted by molar-refractivity contribution is 6.13. The average molecular weight is 615 g/mol. The molecule has 0 N–H and O–H groups in total. The van der Waals surface area contributed by atoms with E-state index in [4.69, 9.17) is 18.9 Å². The molecule has 0 radical (unpaired) electrons. The molecule has 0 spiro atoms. The van der Waals surface area contributed by atoms with Gasteiger partial charge in [0, 0.05) is 23.3 Å². The second kappa shape index (κ2) is 13.3. The molecular formula is C40H38O6. The fraction of sp³-hybridized carbons (Fsp3) is 0.200. The Labute approximate surface area is 270 Å². The third-order valence-corrected chi connectivity index (χ3v) is 6.59. The van der Waals surface area contributed by atoms with E-state index in [-0.39, 0.29) is 11.6 Å². The number of rotatable bonds is 10. The van der Waals surface area contributed by atoms with Gasteiger partial charge in [0.1, 0.15) is 45.7 Å². The van der Waals surface area contributed by atoms with Crippen LogP contribution in [0.15, 0.2) is 121 Å². The van der Waals surface area contributed by atoms with Crippen LogP contribution in [0, 0.1) is 0 Å². The van der Waals surface area contributed by atoms with Crippen LogP contribution in [0.5, 0.6) is 34.5 Å². The van der Waals surface area contributed by atoms with E-state index in [0.717, 1.165) is 0 Å². The van der Waals surface area contributed by atoms with Gasteiger partial charge in [-0.1, -0.05) is 60.7 Å². The van der Waals surface area contributed by atoms with Crippen molar-refractivity contribution >= 4 is 11.6 Å². The summed E-state index contributed by atoms with van der Waals surface area (Å²) in [5, 5.41) is 0. The molecule has 0 aliphatic rings. The molecule has 0 atom stereocenters. The molecule has 0 unspecified atom stereocenters. The van der Waals surface area contributed by atoms with Gasteiger partial charge in [0.2, 0.25) is 0 Å². The number of hydrogen-bond acceptors (Lipinski definition) is 6. The number of carbonyl (C=O) groups excluding carboxylic acids is 2. The molecule has 5 aromatic carbocycles. The van der Waals surface area contributed by atoms with Crippen LogP contribution in [-0.4, -0.2) is 22.8 Å². The summed E-state index contributed by atoms with van der Waals surface area (Å²) in [5.41, 5.74) is 0.713. The molecule has 5 rings (SSSR count). The number of carbonyl (C=O) groups is 2. The summed E-state index contributed by atoms with van der Waals surface area (Å²) in [6, 6.07) is 35.5. The van der Waals surface area contributed by atoms with E-state index in [1.165, 1.54) is 0 Å². The summed E-state index contributed by atoms with van der Waals surface area (Å²) < 4.78 is 24.4. The third kappa shape index (κ3) is 8.42. The highest BCUT2D eigenvalue weighted by atomic mass is 16.5. The van der Waals surface area contributed by atoms with E-state index in [2.05, 4.69) is 0 Å². The van der Waals surface area contributed by atoms with Crippen molar-refractivity contribution in [2.24, 2.45) is 0 Å². The van der Waals surface area contributed by atoms with E-state index in [9.17, 15) is 9.59 Å². The first-order valence-electron chi connectivity index (χ1n) is 15.2. The fourth-order valence-electron chi connectivity index (χ4n) is 4.70. The van der Waals surface area contributed by atoms with Crippen molar-refractivity contribution < 1.29 is 28.5 Å². The van der Waals surface area contributed by atoms with Gasteiger partial charge in [0.15, 0.2) is 11.6 Å². The number of para-hydroxylation sites is 2. The third-order valence-electron chi connectivity index (χ3n) is 6.59. The lowest BCUT2D eigenvalue weighted by Crippen LogP contribution is -2.23. The summed E-state index contributed by atoms with van der Waals surface area (Å²) in [6.45, 7) is 11.7. The molecule has 0 aliphatic carbocycles. The van der Waals surface area contributed by atoms with Crippen molar-refractivity contribution in [1.82, 2.24) is 0 Å². The van der Waals surface area contributed by atoms with Gasteiger partial charge >= 0.3 is 0 Å². The Balaban J connectivity index is 1.43. The van der Waals surface area contributed by atoms with Crippen LogP contribution in [0.2, 0.25) is 0 Å². The smallest absolute Gasteiger partial charge is 0.196 e. The van der Waals surface area contributed by atoms with Gasteiger partial charge in [-0.05, 0) is 90.1 Å². The lowest BCUT2D eigenvalue weighted by Gasteiger charge is -2.22. The number of benzene rings is 5. The zero-order valence-corrected chi connectivity index (χ0v) is 27.0. The van der Waals surface area contributed by atoms with Gasteiger partial charge in [0.05, 0.1) is 11.1 Å². The van der Waals surface area contributed by atoms with Crippen molar-refractivity contribution in [3.8, 4) is 34.5 Å². The molecular weight excluding hydrogens is 576 g/mol. The van der Waals surface area contributed by atoms with E-state index in [1.807, 2.05) is 102 Å². The standard InChI is InChI=1S/C40H38O6/c1-39(2,3)45-31-21-23-33(35(25-31)43-29-13-9-7-10-14-29)37(41)27-17-19-28(20-18-27)38(42)34-24-22-32(46-40(4,5)6)26-36(34)44-30-15-11-8-12-16-30/h7-26H,1-6H3. The Morgan fingerprint density at radius 2 is 0.783 bits per heavy atom. The molecule has 0 fully saturated rings. The normalized spacial score (nSPS) is 11.4. The first-order chi connectivity index (χ1) is 21.8. The first-order valence-corrected chi connectivity index (χ1v) is 15.2. The first kappa shape index (κ1) is 32.0. The topological polar surface area (TPSA) is 71.1 Å². The van der Waals surface area contributed by atoms with Crippen molar-refractivity contribution in [2.75, 3.05) is 0 Å². The average Bonchev–Trinajstić information content (AvgIpc) is 3.00. The lowest BCUT2D eigenvalue weighted by atomic mass is 9.97. The fourth-order valence-corrected chi connectivity index (χ4v) is 4.70. The Morgan fingerprint density at radius 1 is 0.435 bits per heavy atom. The molecule has 0 bridgehead atoms. The second-order valence-electron chi connectivity index (χ2n) is 12.8. The monoisotopic (exact) mass is 614 g/mol. The molecule has 0 heterocycles. The van der Waals surface area contributed by atoms with Gasteiger partial charge in [-0.15, -0.1) is 0 Å². The molecule has 46 heavy (non-hydrogen) atoms. The summed E-state index contributed by atoms with van der Waals surface area (Å²) in [4.78, 5) is 27.5. The van der Waals surface area contributed by atoms with Gasteiger partial charge in [-0.3, -0.25) is 9.59 Å². The number of ketones is 2. The number of ether oxygens (including phenoxy) is 4. The molecule has 0 aliphatic heterocycles. The maximum absolute atomic E-state index is 13.8. The minimum Gasteiger partial charge on any atom is -0.488 e.